The lowest BCUT2D eigenvalue weighted by molar-refractivity contribution is -0.729. The third kappa shape index (κ3) is 2.59. The number of nitrogens with zero attached hydrogens (tertiary/aromatic N) is 3. The van der Waals surface area contributed by atoms with Crippen molar-refractivity contribution in [2.45, 2.75) is 32.1 Å². The molecule has 0 saturated carbocycles. The summed E-state index contributed by atoms with van der Waals surface area (Å²) in [4.78, 5) is 35.4. The molecule has 0 fully saturated rings. The van der Waals surface area contributed by atoms with Gasteiger partial charge in [0.05, 0.1) is 34.6 Å². The Morgan fingerprint density at radius 3 is 2.87 bits per heavy atom. The van der Waals surface area contributed by atoms with E-state index in [1.165, 1.54) is 17.9 Å². The molecule has 2 aromatic heterocycles. The largest absolute Gasteiger partial charge is 0.458 e. The number of esters is 1. The summed E-state index contributed by atoms with van der Waals surface area (Å²) in [6, 6.07) is 8.97. The number of fused-ring (bicyclic) bond motifs is 5. The van der Waals surface area contributed by atoms with Crippen molar-refractivity contribution in [3.8, 4) is 11.4 Å². The highest BCUT2D eigenvalue weighted by molar-refractivity contribution is 6.01. The molecular weight excluding hydrogens is 402 g/mol. The molecule has 3 aromatic rings. The Bertz CT molecular complexity index is 1360. The van der Waals surface area contributed by atoms with Gasteiger partial charge in [0, 0.05) is 28.5 Å². The number of benzene rings is 1. The number of carbonyl (C=O) groups is 1. The van der Waals surface area contributed by atoms with Crippen molar-refractivity contribution in [3.63, 3.8) is 0 Å². The van der Waals surface area contributed by atoms with Gasteiger partial charge in [-0.25, -0.2) is 9.78 Å². The second-order valence-corrected chi connectivity index (χ2v) is 7.57. The normalized spacial score (nSPS) is 19.6. The zero-order valence-corrected chi connectivity index (χ0v) is 16.9. The maximum atomic E-state index is 13.3. The maximum Gasteiger partial charge on any atom is 0.343 e. The van der Waals surface area contributed by atoms with Crippen LogP contribution in [0.15, 0.2) is 35.1 Å². The molecule has 0 aliphatic carbocycles. The van der Waals surface area contributed by atoms with Gasteiger partial charge in [-0.15, -0.1) is 0 Å². The van der Waals surface area contributed by atoms with E-state index in [2.05, 4.69) is 0 Å². The van der Waals surface area contributed by atoms with Crippen LogP contribution in [-0.2, 0) is 33.1 Å². The summed E-state index contributed by atoms with van der Waals surface area (Å²) in [5, 5.41) is 23.7. The van der Waals surface area contributed by atoms with Gasteiger partial charge in [-0.05, 0) is 18.6 Å². The number of aliphatic hydroxyl groups is 1. The van der Waals surface area contributed by atoms with E-state index in [9.17, 15) is 19.9 Å². The number of cyclic esters (lactones) is 1. The van der Waals surface area contributed by atoms with Crippen LogP contribution < -0.4 is 5.56 Å². The third-order valence-corrected chi connectivity index (χ3v) is 6.05. The highest BCUT2D eigenvalue weighted by Gasteiger charge is 2.45. The predicted octanol–water partition coefficient (Wildman–Crippen LogP) is 1.57. The van der Waals surface area contributed by atoms with Crippen LogP contribution in [0.25, 0.3) is 22.3 Å². The zero-order chi connectivity index (χ0) is 21.9. The molecule has 2 aliphatic rings. The molecule has 0 saturated heterocycles. The first-order valence-electron chi connectivity index (χ1n) is 9.83. The van der Waals surface area contributed by atoms with Gasteiger partial charge in [0.1, 0.15) is 6.61 Å². The Kier molecular flexibility index (Phi) is 4.13. The van der Waals surface area contributed by atoms with E-state index < -0.39 is 11.6 Å². The molecule has 4 heterocycles. The van der Waals surface area contributed by atoms with Crippen molar-refractivity contribution in [2.24, 2.45) is 0 Å². The number of aromatic nitrogens is 2. The lowest BCUT2D eigenvalue weighted by Crippen LogP contribution is -2.44. The molecule has 1 atom stereocenters. The molecule has 0 unspecified atom stereocenters. The molecule has 31 heavy (non-hydrogen) atoms. The van der Waals surface area contributed by atoms with E-state index in [0.717, 1.165) is 5.39 Å². The molecule has 9 nitrogen and oxygen atoms in total. The zero-order valence-electron chi connectivity index (χ0n) is 16.9. The Morgan fingerprint density at radius 1 is 1.35 bits per heavy atom. The highest BCUT2D eigenvalue weighted by atomic mass is 16.8. The second kappa shape index (κ2) is 6.64. The van der Waals surface area contributed by atoms with E-state index in [0.29, 0.717) is 32.9 Å². The van der Waals surface area contributed by atoms with Gasteiger partial charge >= 0.3 is 5.97 Å². The van der Waals surface area contributed by atoms with Gasteiger partial charge < -0.3 is 19.2 Å². The average molecular weight is 421 g/mol. The number of pyridine rings is 2. The summed E-state index contributed by atoms with van der Waals surface area (Å²) in [6.07, 6.45) is 1.38. The van der Waals surface area contributed by atoms with Crippen LogP contribution in [0.1, 0.15) is 35.6 Å². The van der Waals surface area contributed by atoms with Gasteiger partial charge in [-0.1, -0.05) is 25.1 Å². The second-order valence-electron chi connectivity index (χ2n) is 7.57. The van der Waals surface area contributed by atoms with Crippen LogP contribution in [-0.4, -0.2) is 38.9 Å². The molecule has 0 bridgehead atoms. The monoisotopic (exact) mass is 421 g/mol. The molecule has 1 N–H and O–H groups in total. The minimum atomic E-state index is -1.89. The van der Waals surface area contributed by atoms with Gasteiger partial charge in [0.15, 0.2) is 5.60 Å². The Morgan fingerprint density at radius 2 is 2.13 bits per heavy atom. The number of rotatable bonds is 3. The molecule has 158 valence electrons. The number of para-hydroxylation sites is 1. The third-order valence-electron chi connectivity index (χ3n) is 6.05. The Hall–Kier alpha value is -3.72. The van der Waals surface area contributed by atoms with Crippen molar-refractivity contribution in [1.29, 1.82) is 0 Å². The van der Waals surface area contributed by atoms with Gasteiger partial charge in [-0.2, -0.15) is 0 Å². The lowest BCUT2D eigenvalue weighted by atomic mass is 9.86. The first kappa shape index (κ1) is 19.3. The van der Waals surface area contributed by atoms with Crippen molar-refractivity contribution in [2.75, 3.05) is 7.11 Å². The van der Waals surface area contributed by atoms with Gasteiger partial charge in [0.25, 0.3) is 5.56 Å². The van der Waals surface area contributed by atoms with E-state index >= 15 is 0 Å². The van der Waals surface area contributed by atoms with Crippen LogP contribution in [0.5, 0.6) is 0 Å². The Balaban J connectivity index is 1.84. The summed E-state index contributed by atoms with van der Waals surface area (Å²) in [7, 11) is 1.27. The summed E-state index contributed by atoms with van der Waals surface area (Å²) < 4.78 is 6.63. The molecule has 5 rings (SSSR count). The van der Waals surface area contributed by atoms with Crippen LogP contribution >= 0.6 is 0 Å². The van der Waals surface area contributed by atoms with Crippen molar-refractivity contribution in [3.05, 3.63) is 68.1 Å². The number of carbonyl (C=O) groups excluding carboxylic acids is 1. The van der Waals surface area contributed by atoms with Crippen molar-refractivity contribution in [1.82, 2.24) is 9.55 Å². The SMILES string of the molecule is CC[C@@]1(O)C(=O)OCc2c1cc1n(c2=O)Cc2c-1nc1ccccc1c2/C=[N+](\[O-])OC. The van der Waals surface area contributed by atoms with Crippen LogP contribution in [0, 0.1) is 5.21 Å². The topological polar surface area (TPSA) is 117 Å². The molecular formula is C22H19N3O6. The summed E-state index contributed by atoms with van der Waals surface area (Å²) in [5.41, 5.74) is 1.17. The van der Waals surface area contributed by atoms with Crippen molar-refractivity contribution < 1.29 is 24.4 Å². The minimum absolute atomic E-state index is 0.0672. The predicted molar refractivity (Wildman–Crippen MR) is 110 cm³/mol. The van der Waals surface area contributed by atoms with Gasteiger partial charge in [0.2, 0.25) is 6.21 Å². The maximum absolute atomic E-state index is 13.3. The van der Waals surface area contributed by atoms with E-state index in [1.807, 2.05) is 24.3 Å². The fourth-order valence-electron chi connectivity index (χ4n) is 4.37. The van der Waals surface area contributed by atoms with Gasteiger partial charge in [-0.3, -0.25) is 10.0 Å². The summed E-state index contributed by atoms with van der Waals surface area (Å²) >= 11 is 0. The molecule has 2 aliphatic heterocycles. The quantitative estimate of drug-likeness (QED) is 0.231. The molecule has 0 radical (unpaired) electrons. The Labute approximate surface area is 176 Å². The summed E-state index contributed by atoms with van der Waals surface area (Å²) in [5.74, 6) is -0.771. The number of hydrogen-bond acceptors (Lipinski definition) is 7. The van der Waals surface area contributed by atoms with Crippen molar-refractivity contribution >= 4 is 23.1 Å². The van der Waals surface area contributed by atoms with Crippen LogP contribution in [0.3, 0.4) is 0 Å². The standard InChI is InChI=1S/C22H19N3O6/c1-3-22(28)16-8-18-19-14(9-24(18)20(26)15(16)11-31-21(22)27)13(10-25(29)30-2)12-6-4-5-7-17(12)23-19/h4-8,10,28H,3,9,11H2,1-2H3/b25-10+/t22-/m0/s1. The fraction of sp³-hybridized carbons (Fsp3) is 0.273. The molecule has 1 aromatic carbocycles. The summed E-state index contributed by atoms with van der Waals surface area (Å²) in [6.45, 7) is 1.65. The van der Waals surface area contributed by atoms with Crippen LogP contribution in [0.4, 0.5) is 0 Å². The first-order valence-corrected chi connectivity index (χ1v) is 9.83. The average Bonchev–Trinajstić information content (AvgIpc) is 3.15. The van der Waals surface area contributed by atoms with E-state index in [4.69, 9.17) is 14.6 Å². The first-order chi connectivity index (χ1) is 14.9. The molecule has 9 heteroatoms. The molecule has 0 spiro atoms. The fourth-order valence-corrected chi connectivity index (χ4v) is 4.37. The lowest BCUT2D eigenvalue weighted by Gasteiger charge is -2.31. The number of hydrogen-bond donors (Lipinski definition) is 1. The van der Waals surface area contributed by atoms with Crippen LogP contribution in [0.2, 0.25) is 0 Å². The minimum Gasteiger partial charge on any atom is -0.458 e. The molecule has 0 amide bonds. The number of ether oxygens (including phenoxy) is 1. The van der Waals surface area contributed by atoms with E-state index in [1.54, 1.807) is 13.0 Å². The van der Waals surface area contributed by atoms with E-state index in [-0.39, 0.29) is 36.3 Å². The smallest absolute Gasteiger partial charge is 0.343 e. The highest BCUT2D eigenvalue weighted by Crippen LogP contribution is 2.39.